The molecule has 64 heavy (non-hydrogen) atoms. The van der Waals surface area contributed by atoms with Crippen molar-refractivity contribution in [3.8, 4) is 102 Å². The van der Waals surface area contributed by atoms with Gasteiger partial charge < -0.3 is 0 Å². The topological polar surface area (TPSA) is 77.3 Å². The first-order chi connectivity index (χ1) is 31.4. The summed E-state index contributed by atoms with van der Waals surface area (Å²) < 4.78 is 0. The highest BCUT2D eigenvalue weighted by molar-refractivity contribution is 6.03. The largest absolute Gasteiger partial charge is 0.208 e. The zero-order valence-corrected chi connectivity index (χ0v) is 35.9. The highest BCUT2D eigenvalue weighted by Crippen LogP contribution is 2.47. The average Bonchev–Trinajstić information content (AvgIpc) is 3.36. The van der Waals surface area contributed by atoms with Crippen LogP contribution in [0.2, 0.25) is 0 Å². The molecule has 2 heterocycles. The van der Waals surface area contributed by atoms with Crippen molar-refractivity contribution >= 4 is 0 Å². The third kappa shape index (κ3) is 8.13. The first-order valence-electron chi connectivity index (χ1n) is 21.5. The van der Waals surface area contributed by atoms with Crippen LogP contribution in [0.3, 0.4) is 0 Å². The molecule has 8 aromatic carbocycles. The predicted octanol–water partition coefficient (Wildman–Crippen LogP) is 14.4. The van der Waals surface area contributed by atoms with E-state index in [9.17, 15) is 0 Å². The van der Waals surface area contributed by atoms with Gasteiger partial charge in [-0.15, -0.1) is 0 Å². The minimum absolute atomic E-state index is 0.0322. The van der Waals surface area contributed by atoms with E-state index in [2.05, 4.69) is 112 Å². The molecule has 10 rings (SSSR count). The van der Waals surface area contributed by atoms with Crippen molar-refractivity contribution < 1.29 is 0 Å². The van der Waals surface area contributed by atoms with Crippen LogP contribution in [0.1, 0.15) is 26.3 Å². The van der Waals surface area contributed by atoms with Gasteiger partial charge in [0.05, 0.1) is 0 Å². The van der Waals surface area contributed by atoms with E-state index < -0.39 is 0 Å². The lowest BCUT2D eigenvalue weighted by molar-refractivity contribution is 0.590. The van der Waals surface area contributed by atoms with Gasteiger partial charge in [0.1, 0.15) is 0 Å². The molecule has 10 aromatic rings. The molecular weight excluding hydrogens is 781 g/mol. The standard InChI is InChI=1S/C58H44N6/c1-58(2,3)45-35-33-40(34-36-45)51-49(57-63-54(43-27-15-7-16-28-43)60-55(64-57)44-29-17-8-18-30-44)38-37-47(50(51)39-21-9-4-10-22-39)46-31-19-20-32-48(46)56-61-52(41-23-11-5-12-24-41)59-53(62-56)42-25-13-6-14-26-42/h4-38H,1-3H3. The van der Waals surface area contributed by atoms with Crippen molar-refractivity contribution in [3.05, 3.63) is 218 Å². The van der Waals surface area contributed by atoms with Crippen LogP contribution in [-0.4, -0.2) is 29.9 Å². The number of rotatable bonds is 9. The smallest absolute Gasteiger partial charge is 0.164 e. The van der Waals surface area contributed by atoms with E-state index in [1.807, 2.05) is 121 Å². The quantitative estimate of drug-likeness (QED) is 0.144. The number of hydrogen-bond donors (Lipinski definition) is 0. The third-order valence-corrected chi connectivity index (χ3v) is 11.4. The zero-order chi connectivity index (χ0) is 43.5. The van der Waals surface area contributed by atoms with Crippen molar-refractivity contribution in [2.75, 3.05) is 0 Å². The summed E-state index contributed by atoms with van der Waals surface area (Å²) in [5.41, 5.74) is 12.8. The highest BCUT2D eigenvalue weighted by Gasteiger charge is 2.25. The molecule has 0 unspecified atom stereocenters. The minimum Gasteiger partial charge on any atom is -0.208 e. The number of hydrogen-bond acceptors (Lipinski definition) is 6. The molecule has 0 atom stereocenters. The van der Waals surface area contributed by atoms with E-state index in [0.717, 1.165) is 66.8 Å². The molecular formula is C58H44N6. The zero-order valence-electron chi connectivity index (χ0n) is 35.9. The monoisotopic (exact) mass is 824 g/mol. The Balaban J connectivity index is 1.27. The second-order valence-corrected chi connectivity index (χ2v) is 16.7. The van der Waals surface area contributed by atoms with Gasteiger partial charge in [-0.1, -0.05) is 227 Å². The summed E-state index contributed by atoms with van der Waals surface area (Å²) in [6.45, 7) is 6.74. The summed E-state index contributed by atoms with van der Waals surface area (Å²) in [5.74, 6) is 3.59. The first kappa shape index (κ1) is 39.9. The van der Waals surface area contributed by atoms with Gasteiger partial charge in [-0.3, -0.25) is 0 Å². The molecule has 0 spiro atoms. The Morgan fingerprint density at radius 3 is 0.938 bits per heavy atom. The second kappa shape index (κ2) is 17.3. The van der Waals surface area contributed by atoms with Gasteiger partial charge in [-0.25, -0.2) is 29.9 Å². The van der Waals surface area contributed by atoms with E-state index in [1.165, 1.54) is 5.56 Å². The van der Waals surface area contributed by atoms with Crippen molar-refractivity contribution in [2.45, 2.75) is 26.2 Å². The molecule has 6 heteroatoms. The molecule has 6 nitrogen and oxygen atoms in total. The second-order valence-electron chi connectivity index (χ2n) is 16.7. The van der Waals surface area contributed by atoms with Gasteiger partial charge >= 0.3 is 0 Å². The van der Waals surface area contributed by atoms with E-state index in [0.29, 0.717) is 34.9 Å². The Morgan fingerprint density at radius 1 is 0.234 bits per heavy atom. The van der Waals surface area contributed by atoms with E-state index in [4.69, 9.17) is 29.9 Å². The fourth-order valence-electron chi connectivity index (χ4n) is 8.13. The van der Waals surface area contributed by atoms with E-state index in [1.54, 1.807) is 0 Å². The minimum atomic E-state index is -0.0322. The molecule has 306 valence electrons. The molecule has 0 aliphatic heterocycles. The Bertz CT molecular complexity index is 3090. The Labute approximate surface area is 374 Å². The van der Waals surface area contributed by atoms with Crippen molar-refractivity contribution in [2.24, 2.45) is 0 Å². The summed E-state index contributed by atoms with van der Waals surface area (Å²) in [6.07, 6.45) is 0. The Kier molecular flexibility index (Phi) is 10.8. The molecule has 0 amide bonds. The lowest BCUT2D eigenvalue weighted by Gasteiger charge is -2.23. The summed E-state index contributed by atoms with van der Waals surface area (Å²) in [4.78, 5) is 31.0. The lowest BCUT2D eigenvalue weighted by Crippen LogP contribution is -2.10. The molecule has 0 saturated heterocycles. The van der Waals surface area contributed by atoms with Gasteiger partial charge in [-0.05, 0) is 44.9 Å². The van der Waals surface area contributed by atoms with Crippen LogP contribution in [0.5, 0.6) is 0 Å². The summed E-state index contributed by atoms with van der Waals surface area (Å²) in [7, 11) is 0. The van der Waals surface area contributed by atoms with Crippen LogP contribution in [0.15, 0.2) is 212 Å². The first-order valence-corrected chi connectivity index (χ1v) is 21.5. The van der Waals surface area contributed by atoms with Crippen molar-refractivity contribution in [1.82, 2.24) is 29.9 Å². The van der Waals surface area contributed by atoms with Crippen LogP contribution >= 0.6 is 0 Å². The van der Waals surface area contributed by atoms with Gasteiger partial charge in [0.25, 0.3) is 0 Å². The molecule has 2 aromatic heterocycles. The fraction of sp³-hybridized carbons (Fsp3) is 0.0690. The van der Waals surface area contributed by atoms with Gasteiger partial charge in [0.2, 0.25) is 0 Å². The molecule has 0 saturated carbocycles. The molecule has 0 radical (unpaired) electrons. The van der Waals surface area contributed by atoms with Gasteiger partial charge in [-0.2, -0.15) is 0 Å². The fourth-order valence-corrected chi connectivity index (χ4v) is 8.13. The average molecular weight is 825 g/mol. The highest BCUT2D eigenvalue weighted by atomic mass is 15.0. The molecule has 0 fully saturated rings. The predicted molar refractivity (Wildman–Crippen MR) is 261 cm³/mol. The lowest BCUT2D eigenvalue weighted by atomic mass is 9.81. The van der Waals surface area contributed by atoms with Gasteiger partial charge in [0, 0.05) is 38.9 Å². The van der Waals surface area contributed by atoms with Crippen LogP contribution in [0.25, 0.3) is 102 Å². The maximum atomic E-state index is 5.27. The van der Waals surface area contributed by atoms with E-state index in [-0.39, 0.29) is 5.41 Å². The number of aromatic nitrogens is 6. The van der Waals surface area contributed by atoms with Crippen LogP contribution in [0.4, 0.5) is 0 Å². The molecule has 0 N–H and O–H groups in total. The maximum absolute atomic E-state index is 5.27. The summed E-state index contributed by atoms with van der Waals surface area (Å²) in [6, 6.07) is 72.8. The number of nitrogens with zero attached hydrogens (tertiary/aromatic N) is 6. The normalized spacial score (nSPS) is 11.4. The molecule has 0 bridgehead atoms. The van der Waals surface area contributed by atoms with Crippen LogP contribution < -0.4 is 0 Å². The number of benzene rings is 8. The Hall–Kier alpha value is -8.22. The van der Waals surface area contributed by atoms with E-state index >= 15 is 0 Å². The Morgan fingerprint density at radius 2 is 0.531 bits per heavy atom. The third-order valence-electron chi connectivity index (χ3n) is 11.4. The van der Waals surface area contributed by atoms with Crippen molar-refractivity contribution in [1.29, 1.82) is 0 Å². The van der Waals surface area contributed by atoms with Gasteiger partial charge in [0.15, 0.2) is 34.9 Å². The molecule has 0 aliphatic rings. The maximum Gasteiger partial charge on any atom is 0.164 e. The van der Waals surface area contributed by atoms with Crippen molar-refractivity contribution in [3.63, 3.8) is 0 Å². The summed E-state index contributed by atoms with van der Waals surface area (Å²) in [5, 5.41) is 0. The SMILES string of the molecule is CC(C)(C)c1ccc(-c2c(-c3nc(-c4ccccc4)nc(-c4ccccc4)n3)ccc(-c3ccccc3-c3nc(-c4ccccc4)nc(-c4ccccc4)n3)c2-c2ccccc2)cc1. The summed E-state index contributed by atoms with van der Waals surface area (Å²) >= 11 is 0. The molecule has 0 aliphatic carbocycles. The van der Waals surface area contributed by atoms with Crippen LogP contribution in [0, 0.1) is 0 Å². The van der Waals surface area contributed by atoms with Crippen LogP contribution in [-0.2, 0) is 5.41 Å².